The van der Waals surface area contributed by atoms with Gasteiger partial charge in [0, 0.05) is 11.3 Å². The number of amides is 1. The van der Waals surface area contributed by atoms with E-state index in [1.165, 1.54) is 11.2 Å². The molecule has 0 saturated carbocycles. The van der Waals surface area contributed by atoms with Crippen LogP contribution in [0.4, 0.5) is 0 Å². The number of hydrogen-bond donors (Lipinski definition) is 2. The van der Waals surface area contributed by atoms with Gasteiger partial charge in [-0.2, -0.15) is 0 Å². The van der Waals surface area contributed by atoms with Crippen LogP contribution in [0.25, 0.3) is 11.5 Å². The lowest BCUT2D eigenvalue weighted by molar-refractivity contribution is -0.144. The van der Waals surface area contributed by atoms with Gasteiger partial charge in [0.25, 0.3) is 0 Å². The summed E-state index contributed by atoms with van der Waals surface area (Å²) in [5.41, 5.74) is 2.73. The number of hydrogen-bond acceptors (Lipinski definition) is 5. The summed E-state index contributed by atoms with van der Waals surface area (Å²) in [4.78, 5) is 36.6. The highest BCUT2D eigenvalue weighted by molar-refractivity contribution is 5.83. The lowest BCUT2D eigenvalue weighted by Crippen LogP contribution is -2.36. The van der Waals surface area contributed by atoms with E-state index in [2.05, 4.69) is 15.0 Å². The van der Waals surface area contributed by atoms with Crippen LogP contribution < -0.4 is 0 Å². The fourth-order valence-corrected chi connectivity index (χ4v) is 2.67. The maximum absolute atomic E-state index is 12.7. The molecule has 1 aromatic carbocycles. The number of aromatic nitrogens is 3. The number of nitrogens with one attached hydrogen (secondary N) is 1. The molecule has 0 spiro atoms. The molecule has 0 saturated heterocycles. The van der Waals surface area contributed by atoms with E-state index in [0.29, 0.717) is 23.0 Å². The molecule has 2 heterocycles. The third-order valence-corrected chi connectivity index (χ3v) is 4.19. The van der Waals surface area contributed by atoms with Crippen molar-refractivity contribution in [2.75, 3.05) is 6.54 Å². The van der Waals surface area contributed by atoms with Gasteiger partial charge in [-0.25, -0.2) is 9.97 Å². The van der Waals surface area contributed by atoms with Crippen LogP contribution in [0.5, 0.6) is 0 Å². The minimum atomic E-state index is -1.08. The Morgan fingerprint density at radius 3 is 2.56 bits per heavy atom. The summed E-state index contributed by atoms with van der Waals surface area (Å²) in [6, 6.07) is 9.38. The maximum atomic E-state index is 12.7. The van der Waals surface area contributed by atoms with Crippen LogP contribution in [-0.4, -0.2) is 43.4 Å². The number of carbonyl (C=O) groups is 2. The predicted octanol–water partition coefficient (Wildman–Crippen LogP) is 2.34. The number of nitrogens with zero attached hydrogens (tertiary/aromatic N) is 3. The predicted molar refractivity (Wildman–Crippen MR) is 96.8 cm³/mol. The van der Waals surface area contributed by atoms with E-state index in [1.54, 1.807) is 6.92 Å². The topological polar surface area (TPSA) is 112 Å². The molecular weight excluding hydrogens is 348 g/mol. The summed E-state index contributed by atoms with van der Waals surface area (Å²) in [7, 11) is 0. The van der Waals surface area contributed by atoms with E-state index in [1.807, 2.05) is 37.3 Å². The number of rotatable bonds is 7. The van der Waals surface area contributed by atoms with Crippen LogP contribution in [0, 0.1) is 13.8 Å². The second kappa shape index (κ2) is 7.86. The summed E-state index contributed by atoms with van der Waals surface area (Å²) in [6.45, 7) is 3.26. The van der Waals surface area contributed by atoms with Crippen molar-refractivity contribution in [3.63, 3.8) is 0 Å². The smallest absolute Gasteiger partial charge is 0.323 e. The number of aliphatic carboxylic acids is 1. The Labute approximate surface area is 155 Å². The van der Waals surface area contributed by atoms with E-state index in [-0.39, 0.29) is 18.9 Å². The Morgan fingerprint density at radius 1 is 1.19 bits per heavy atom. The molecule has 8 heteroatoms. The average molecular weight is 368 g/mol. The standard InChI is InChI=1S/C19H20N4O4/c1-12-16(21-11-20-12)9-23(10-18(25)26)17(24)8-15-13(2)27-19(22-15)14-6-4-3-5-7-14/h3-7,11H,8-10H2,1-2H3,(H,20,21)(H,25,26). The Bertz CT molecular complexity index is 946. The van der Waals surface area contributed by atoms with Gasteiger partial charge in [0.05, 0.1) is 30.7 Å². The van der Waals surface area contributed by atoms with Crippen molar-refractivity contribution < 1.29 is 19.1 Å². The molecular formula is C19H20N4O4. The van der Waals surface area contributed by atoms with Crippen LogP contribution in [0.1, 0.15) is 22.8 Å². The largest absolute Gasteiger partial charge is 0.480 e. The molecule has 8 nitrogen and oxygen atoms in total. The first-order valence-corrected chi connectivity index (χ1v) is 8.44. The van der Waals surface area contributed by atoms with Crippen molar-refractivity contribution in [1.29, 1.82) is 0 Å². The molecule has 3 aromatic rings. The van der Waals surface area contributed by atoms with Crippen molar-refractivity contribution in [3.05, 3.63) is 59.5 Å². The third kappa shape index (κ3) is 4.41. The average Bonchev–Trinajstić information content (AvgIpc) is 3.21. The lowest BCUT2D eigenvalue weighted by atomic mass is 10.2. The lowest BCUT2D eigenvalue weighted by Gasteiger charge is -2.19. The summed E-state index contributed by atoms with van der Waals surface area (Å²) in [6.07, 6.45) is 1.47. The molecule has 2 aromatic heterocycles. The molecule has 0 radical (unpaired) electrons. The summed E-state index contributed by atoms with van der Waals surface area (Å²) >= 11 is 0. The number of aromatic amines is 1. The zero-order valence-corrected chi connectivity index (χ0v) is 15.1. The fourth-order valence-electron chi connectivity index (χ4n) is 2.67. The summed E-state index contributed by atoms with van der Waals surface area (Å²) < 4.78 is 5.67. The van der Waals surface area contributed by atoms with E-state index in [0.717, 1.165) is 11.3 Å². The monoisotopic (exact) mass is 368 g/mol. The molecule has 3 rings (SSSR count). The first kappa shape index (κ1) is 18.4. The Hall–Kier alpha value is -3.42. The molecule has 2 N–H and O–H groups in total. The molecule has 1 amide bonds. The van der Waals surface area contributed by atoms with Crippen molar-refractivity contribution in [3.8, 4) is 11.5 Å². The number of carboxylic acid groups (broad SMARTS) is 1. The quantitative estimate of drug-likeness (QED) is 0.662. The molecule has 0 aliphatic heterocycles. The second-order valence-corrected chi connectivity index (χ2v) is 6.18. The van der Waals surface area contributed by atoms with Crippen LogP contribution in [0.15, 0.2) is 41.1 Å². The van der Waals surface area contributed by atoms with Crippen molar-refractivity contribution >= 4 is 11.9 Å². The molecule has 27 heavy (non-hydrogen) atoms. The Morgan fingerprint density at radius 2 is 1.93 bits per heavy atom. The number of aryl methyl sites for hydroxylation is 2. The van der Waals surface area contributed by atoms with Gasteiger partial charge >= 0.3 is 5.97 Å². The first-order chi connectivity index (χ1) is 12.9. The third-order valence-electron chi connectivity index (χ3n) is 4.19. The van der Waals surface area contributed by atoms with Gasteiger partial charge in [0.1, 0.15) is 12.3 Å². The van der Waals surface area contributed by atoms with Gasteiger partial charge in [-0.3, -0.25) is 9.59 Å². The van der Waals surface area contributed by atoms with Crippen molar-refractivity contribution in [2.45, 2.75) is 26.8 Å². The summed E-state index contributed by atoms with van der Waals surface area (Å²) in [5.74, 6) is -0.466. The highest BCUT2D eigenvalue weighted by Crippen LogP contribution is 2.22. The fraction of sp³-hybridized carbons (Fsp3) is 0.263. The van der Waals surface area contributed by atoms with Crippen molar-refractivity contribution in [1.82, 2.24) is 19.9 Å². The maximum Gasteiger partial charge on any atom is 0.323 e. The van der Waals surface area contributed by atoms with E-state index < -0.39 is 12.5 Å². The highest BCUT2D eigenvalue weighted by Gasteiger charge is 2.22. The van der Waals surface area contributed by atoms with Gasteiger partial charge < -0.3 is 19.4 Å². The van der Waals surface area contributed by atoms with Gasteiger partial charge in [-0.05, 0) is 26.0 Å². The zero-order chi connectivity index (χ0) is 19.4. The highest BCUT2D eigenvalue weighted by atomic mass is 16.4. The minimum absolute atomic E-state index is 0.0427. The number of carbonyl (C=O) groups excluding carboxylic acids is 1. The van der Waals surface area contributed by atoms with E-state index in [4.69, 9.17) is 9.52 Å². The molecule has 0 unspecified atom stereocenters. The van der Waals surface area contributed by atoms with Crippen LogP contribution in [0.2, 0.25) is 0 Å². The Balaban J connectivity index is 1.78. The number of H-pyrrole nitrogens is 1. The van der Waals surface area contributed by atoms with E-state index >= 15 is 0 Å². The minimum Gasteiger partial charge on any atom is -0.480 e. The van der Waals surface area contributed by atoms with Crippen LogP contribution in [-0.2, 0) is 22.6 Å². The van der Waals surface area contributed by atoms with Crippen molar-refractivity contribution in [2.24, 2.45) is 0 Å². The number of carboxylic acids is 1. The zero-order valence-electron chi connectivity index (χ0n) is 15.1. The molecule has 0 fully saturated rings. The molecule has 0 bridgehead atoms. The molecule has 0 atom stereocenters. The van der Waals surface area contributed by atoms with Gasteiger partial charge in [0.2, 0.25) is 11.8 Å². The second-order valence-electron chi connectivity index (χ2n) is 6.18. The van der Waals surface area contributed by atoms with Crippen LogP contribution in [0.3, 0.4) is 0 Å². The number of oxazole rings is 1. The molecule has 0 aliphatic carbocycles. The van der Waals surface area contributed by atoms with Gasteiger partial charge in [-0.15, -0.1) is 0 Å². The molecule has 0 aliphatic rings. The number of imidazole rings is 1. The SMILES string of the molecule is Cc1[nH]cnc1CN(CC(=O)O)C(=O)Cc1nc(-c2ccccc2)oc1C. The van der Waals surface area contributed by atoms with Gasteiger partial charge in [-0.1, -0.05) is 18.2 Å². The van der Waals surface area contributed by atoms with Crippen LogP contribution >= 0.6 is 0 Å². The molecule has 140 valence electrons. The normalized spacial score (nSPS) is 10.7. The number of benzene rings is 1. The summed E-state index contributed by atoms with van der Waals surface area (Å²) in [5, 5.41) is 9.15. The Kier molecular flexibility index (Phi) is 5.35. The van der Waals surface area contributed by atoms with Gasteiger partial charge in [0.15, 0.2) is 0 Å². The van der Waals surface area contributed by atoms with E-state index in [9.17, 15) is 9.59 Å². The first-order valence-electron chi connectivity index (χ1n) is 8.44.